The van der Waals surface area contributed by atoms with Crippen LogP contribution in [0.3, 0.4) is 0 Å². The second kappa shape index (κ2) is 11.5. The van der Waals surface area contributed by atoms with Crippen molar-refractivity contribution in [3.05, 3.63) is 124 Å². The lowest BCUT2D eigenvalue weighted by Crippen LogP contribution is -2.36. The number of thiocarbonyl (C=S) groups is 1. The fraction of sp³-hybridized carbons (Fsp3) is 0.207. The first-order valence-electron chi connectivity index (χ1n) is 11.6. The van der Waals surface area contributed by atoms with E-state index in [1.165, 1.54) is 17.7 Å². The SMILES string of the molecule is Cc1cccc(C)c1NC(=S)N(CCc1ccccc1)Cc1cccn1Cc1ccc(F)cc1Cl. The first-order chi connectivity index (χ1) is 16.9. The van der Waals surface area contributed by atoms with Crippen molar-refractivity contribution < 1.29 is 4.39 Å². The molecule has 0 aliphatic rings. The van der Waals surface area contributed by atoms with E-state index in [-0.39, 0.29) is 5.82 Å². The van der Waals surface area contributed by atoms with Crippen molar-refractivity contribution in [3.63, 3.8) is 0 Å². The van der Waals surface area contributed by atoms with Crippen LogP contribution in [0.15, 0.2) is 85.1 Å². The first-order valence-corrected chi connectivity index (χ1v) is 12.4. The van der Waals surface area contributed by atoms with Crippen molar-refractivity contribution in [1.29, 1.82) is 0 Å². The molecule has 0 radical (unpaired) electrons. The summed E-state index contributed by atoms with van der Waals surface area (Å²) in [6.45, 7) is 6.14. The van der Waals surface area contributed by atoms with Gasteiger partial charge in [-0.25, -0.2) is 4.39 Å². The fourth-order valence-electron chi connectivity index (χ4n) is 4.13. The molecule has 3 aromatic carbocycles. The molecule has 0 spiro atoms. The maximum Gasteiger partial charge on any atom is 0.173 e. The highest BCUT2D eigenvalue weighted by Crippen LogP contribution is 2.22. The fourth-order valence-corrected chi connectivity index (χ4v) is 4.62. The summed E-state index contributed by atoms with van der Waals surface area (Å²) in [5.41, 5.74) is 6.60. The van der Waals surface area contributed by atoms with Crippen LogP contribution in [0.4, 0.5) is 10.1 Å². The van der Waals surface area contributed by atoms with Crippen LogP contribution in [0.2, 0.25) is 5.02 Å². The van der Waals surface area contributed by atoms with Crippen LogP contribution in [0.1, 0.15) is 27.9 Å². The van der Waals surface area contributed by atoms with E-state index in [0.29, 0.717) is 23.2 Å². The highest BCUT2D eigenvalue weighted by atomic mass is 35.5. The number of benzene rings is 3. The molecule has 4 rings (SSSR count). The van der Waals surface area contributed by atoms with Crippen LogP contribution in [-0.4, -0.2) is 21.1 Å². The highest BCUT2D eigenvalue weighted by molar-refractivity contribution is 7.80. The third-order valence-corrected chi connectivity index (χ3v) is 6.86. The maximum atomic E-state index is 13.5. The molecule has 0 bridgehead atoms. The first kappa shape index (κ1) is 25.0. The number of aromatic nitrogens is 1. The van der Waals surface area contributed by atoms with Crippen LogP contribution in [0, 0.1) is 19.7 Å². The van der Waals surface area contributed by atoms with E-state index < -0.39 is 0 Å². The Morgan fingerprint density at radius 1 is 0.971 bits per heavy atom. The zero-order valence-corrected chi connectivity index (χ0v) is 21.5. The van der Waals surface area contributed by atoms with Gasteiger partial charge in [-0.1, -0.05) is 66.2 Å². The Morgan fingerprint density at radius 3 is 2.43 bits per heavy atom. The van der Waals surface area contributed by atoms with Gasteiger partial charge in [-0.2, -0.15) is 0 Å². The van der Waals surface area contributed by atoms with E-state index in [1.807, 2.05) is 18.3 Å². The average molecular weight is 506 g/mol. The van der Waals surface area contributed by atoms with Gasteiger partial charge in [0, 0.05) is 35.7 Å². The third-order valence-electron chi connectivity index (χ3n) is 6.15. The highest BCUT2D eigenvalue weighted by Gasteiger charge is 2.15. The number of hydrogen-bond donors (Lipinski definition) is 1. The zero-order chi connectivity index (χ0) is 24.8. The van der Waals surface area contributed by atoms with E-state index >= 15 is 0 Å². The predicted octanol–water partition coefficient (Wildman–Crippen LogP) is 7.39. The van der Waals surface area contributed by atoms with Gasteiger partial charge in [0.15, 0.2) is 5.11 Å². The molecule has 0 fully saturated rings. The van der Waals surface area contributed by atoms with E-state index in [1.54, 1.807) is 6.07 Å². The molecule has 0 amide bonds. The number of nitrogens with one attached hydrogen (secondary N) is 1. The van der Waals surface area contributed by atoms with Gasteiger partial charge in [-0.3, -0.25) is 0 Å². The van der Waals surface area contributed by atoms with Gasteiger partial charge in [-0.05, 0) is 79.0 Å². The number of aryl methyl sites for hydroxylation is 2. The quantitative estimate of drug-likeness (QED) is 0.252. The smallest absolute Gasteiger partial charge is 0.173 e. The van der Waals surface area contributed by atoms with E-state index in [4.69, 9.17) is 23.8 Å². The molecule has 0 unspecified atom stereocenters. The Hall–Kier alpha value is -3.15. The summed E-state index contributed by atoms with van der Waals surface area (Å²) in [6.07, 6.45) is 2.90. The summed E-state index contributed by atoms with van der Waals surface area (Å²) in [5, 5.41) is 4.61. The van der Waals surface area contributed by atoms with E-state index in [2.05, 4.69) is 77.2 Å². The number of para-hydroxylation sites is 1. The van der Waals surface area contributed by atoms with Gasteiger partial charge in [0.2, 0.25) is 0 Å². The van der Waals surface area contributed by atoms with Gasteiger partial charge in [-0.15, -0.1) is 0 Å². The van der Waals surface area contributed by atoms with Crippen LogP contribution in [-0.2, 0) is 19.5 Å². The Kier molecular flexibility index (Phi) is 8.21. The van der Waals surface area contributed by atoms with Crippen LogP contribution < -0.4 is 5.32 Å². The molecule has 1 heterocycles. The molecule has 0 aliphatic heterocycles. The molecule has 0 saturated carbocycles. The minimum atomic E-state index is -0.332. The standard InChI is InChI=1S/C29H29ClFN3S/c1-21-8-6-9-22(2)28(21)32-29(35)34(17-15-23-10-4-3-5-11-23)20-26-12-7-16-33(26)19-24-13-14-25(31)18-27(24)30/h3-14,16,18H,15,17,19-20H2,1-2H3,(H,32,35). The Labute approximate surface area is 217 Å². The van der Waals surface area contributed by atoms with Gasteiger partial charge >= 0.3 is 0 Å². The normalized spacial score (nSPS) is 10.9. The van der Waals surface area contributed by atoms with Crippen molar-refractivity contribution in [2.75, 3.05) is 11.9 Å². The average Bonchev–Trinajstić information content (AvgIpc) is 3.28. The van der Waals surface area contributed by atoms with Crippen molar-refractivity contribution in [2.45, 2.75) is 33.4 Å². The lowest BCUT2D eigenvalue weighted by atomic mass is 10.1. The molecule has 1 N–H and O–H groups in total. The molecule has 35 heavy (non-hydrogen) atoms. The molecular weight excluding hydrogens is 477 g/mol. The maximum absolute atomic E-state index is 13.5. The number of halogens is 2. The minimum Gasteiger partial charge on any atom is -0.345 e. The van der Waals surface area contributed by atoms with Gasteiger partial charge in [0.05, 0.1) is 6.54 Å². The lowest BCUT2D eigenvalue weighted by molar-refractivity contribution is 0.409. The number of nitrogens with zero attached hydrogens (tertiary/aromatic N) is 2. The third kappa shape index (κ3) is 6.50. The second-order valence-electron chi connectivity index (χ2n) is 8.72. The minimum absolute atomic E-state index is 0.332. The van der Waals surface area contributed by atoms with Crippen molar-refractivity contribution in [2.24, 2.45) is 0 Å². The summed E-state index contributed by atoms with van der Waals surface area (Å²) < 4.78 is 15.6. The van der Waals surface area contributed by atoms with Crippen LogP contribution in [0.5, 0.6) is 0 Å². The molecular formula is C29H29ClFN3S. The largest absolute Gasteiger partial charge is 0.345 e. The van der Waals surface area contributed by atoms with Crippen LogP contribution >= 0.6 is 23.8 Å². The molecule has 0 atom stereocenters. The van der Waals surface area contributed by atoms with Crippen molar-refractivity contribution in [1.82, 2.24) is 9.47 Å². The summed E-state index contributed by atoms with van der Waals surface area (Å²) in [7, 11) is 0. The number of anilines is 1. The number of hydrogen-bond acceptors (Lipinski definition) is 1. The van der Waals surface area contributed by atoms with Crippen molar-refractivity contribution >= 4 is 34.6 Å². The monoisotopic (exact) mass is 505 g/mol. The molecule has 0 saturated heterocycles. The topological polar surface area (TPSA) is 20.2 Å². The van der Waals surface area contributed by atoms with E-state index in [0.717, 1.165) is 41.0 Å². The van der Waals surface area contributed by atoms with Crippen LogP contribution in [0.25, 0.3) is 0 Å². The molecule has 180 valence electrons. The zero-order valence-electron chi connectivity index (χ0n) is 20.0. The Bertz CT molecular complexity index is 1280. The van der Waals surface area contributed by atoms with Gasteiger partial charge in [0.1, 0.15) is 5.82 Å². The second-order valence-corrected chi connectivity index (χ2v) is 9.51. The molecule has 3 nitrogen and oxygen atoms in total. The summed E-state index contributed by atoms with van der Waals surface area (Å²) >= 11 is 12.2. The Balaban J connectivity index is 1.56. The molecule has 0 aliphatic carbocycles. The Morgan fingerprint density at radius 2 is 1.71 bits per heavy atom. The van der Waals surface area contributed by atoms with Gasteiger partial charge in [0.25, 0.3) is 0 Å². The summed E-state index contributed by atoms with van der Waals surface area (Å²) in [5.74, 6) is -0.332. The van der Waals surface area contributed by atoms with Crippen molar-refractivity contribution in [3.8, 4) is 0 Å². The summed E-state index contributed by atoms with van der Waals surface area (Å²) in [6, 6.07) is 25.3. The molecule has 4 aromatic rings. The molecule has 1 aromatic heterocycles. The molecule has 6 heteroatoms. The lowest BCUT2D eigenvalue weighted by Gasteiger charge is -2.28. The summed E-state index contributed by atoms with van der Waals surface area (Å²) in [4.78, 5) is 2.20. The number of rotatable bonds is 8. The van der Waals surface area contributed by atoms with Gasteiger partial charge < -0.3 is 14.8 Å². The van der Waals surface area contributed by atoms with E-state index in [9.17, 15) is 4.39 Å². The predicted molar refractivity (Wildman–Crippen MR) is 148 cm³/mol.